The van der Waals surface area contributed by atoms with Crippen LogP contribution in [-0.4, -0.2) is 68.2 Å². The summed E-state index contributed by atoms with van der Waals surface area (Å²) in [4.78, 5) is 17.0. The summed E-state index contributed by atoms with van der Waals surface area (Å²) in [5.74, 6) is -0.161. The highest BCUT2D eigenvalue weighted by Gasteiger charge is 2.27. The fourth-order valence-corrected chi connectivity index (χ4v) is 5.04. The Balaban J connectivity index is 1.35. The van der Waals surface area contributed by atoms with Gasteiger partial charge in [-0.2, -0.15) is 4.31 Å². The van der Waals surface area contributed by atoms with E-state index in [0.29, 0.717) is 13.1 Å². The molecule has 1 fully saturated rings. The summed E-state index contributed by atoms with van der Waals surface area (Å²) in [5.41, 5.74) is 1.25. The van der Waals surface area contributed by atoms with E-state index in [2.05, 4.69) is 17.0 Å². The topological polar surface area (TPSA) is 60.9 Å². The highest BCUT2D eigenvalue weighted by Crippen LogP contribution is 2.21. The van der Waals surface area contributed by atoms with E-state index >= 15 is 0 Å². The first-order chi connectivity index (χ1) is 14.9. The Labute approximate surface area is 183 Å². The minimum Gasteiger partial charge on any atom is -0.339 e. The minimum atomic E-state index is -3.74. The number of carbonyl (C=O) groups is 1. The molecule has 7 heteroatoms. The molecule has 3 aromatic rings. The lowest BCUT2D eigenvalue weighted by Gasteiger charge is -2.35. The number of benzene rings is 3. The molecule has 1 aliphatic rings. The molecule has 0 atom stereocenters. The lowest BCUT2D eigenvalue weighted by Crippen LogP contribution is -2.51. The van der Waals surface area contributed by atoms with Crippen LogP contribution in [0, 0.1) is 0 Å². The number of hydrogen-bond acceptors (Lipinski definition) is 4. The van der Waals surface area contributed by atoms with E-state index in [9.17, 15) is 13.2 Å². The van der Waals surface area contributed by atoms with Gasteiger partial charge >= 0.3 is 0 Å². The zero-order valence-electron chi connectivity index (χ0n) is 17.6. The van der Waals surface area contributed by atoms with Gasteiger partial charge in [-0.3, -0.25) is 9.69 Å². The van der Waals surface area contributed by atoms with E-state index in [4.69, 9.17) is 0 Å². The molecule has 0 spiro atoms. The largest absolute Gasteiger partial charge is 0.339 e. The summed E-state index contributed by atoms with van der Waals surface area (Å²) in [6.45, 7) is 3.47. The number of fused-ring (bicyclic) bond motifs is 1. The molecule has 0 aliphatic carbocycles. The van der Waals surface area contributed by atoms with Crippen molar-refractivity contribution in [1.82, 2.24) is 14.1 Å². The van der Waals surface area contributed by atoms with Crippen molar-refractivity contribution >= 4 is 26.7 Å². The van der Waals surface area contributed by atoms with Crippen molar-refractivity contribution in [3.05, 3.63) is 78.4 Å². The van der Waals surface area contributed by atoms with E-state index in [-0.39, 0.29) is 17.3 Å². The third-order valence-electron chi connectivity index (χ3n) is 5.76. The maximum Gasteiger partial charge on any atom is 0.243 e. The lowest BCUT2D eigenvalue weighted by molar-refractivity contribution is -0.133. The molecule has 1 heterocycles. The Morgan fingerprint density at radius 2 is 1.52 bits per heavy atom. The number of sulfonamides is 1. The van der Waals surface area contributed by atoms with Crippen molar-refractivity contribution < 1.29 is 13.2 Å². The molecule has 1 aliphatic heterocycles. The van der Waals surface area contributed by atoms with Gasteiger partial charge in [0.2, 0.25) is 15.9 Å². The number of likely N-dealkylation sites (N-methyl/N-ethyl adjacent to an activating group) is 1. The van der Waals surface area contributed by atoms with Crippen LogP contribution in [0.25, 0.3) is 10.8 Å². The van der Waals surface area contributed by atoms with Crippen LogP contribution in [0.1, 0.15) is 5.56 Å². The molecule has 6 nitrogen and oxygen atoms in total. The highest BCUT2D eigenvalue weighted by atomic mass is 32.2. The van der Waals surface area contributed by atoms with Gasteiger partial charge in [0.25, 0.3) is 0 Å². The van der Waals surface area contributed by atoms with Crippen LogP contribution in [0.2, 0.25) is 0 Å². The van der Waals surface area contributed by atoms with Crippen molar-refractivity contribution in [2.75, 3.05) is 39.8 Å². The molecule has 1 saturated heterocycles. The van der Waals surface area contributed by atoms with E-state index < -0.39 is 10.0 Å². The monoisotopic (exact) mass is 437 g/mol. The number of carbonyl (C=O) groups excluding carboxylic acids is 1. The van der Waals surface area contributed by atoms with Crippen molar-refractivity contribution in [1.29, 1.82) is 0 Å². The van der Waals surface area contributed by atoms with E-state index in [1.54, 1.807) is 23.1 Å². The first-order valence-corrected chi connectivity index (χ1v) is 11.9. The Bertz CT molecular complexity index is 1160. The first-order valence-electron chi connectivity index (χ1n) is 10.4. The quantitative estimate of drug-likeness (QED) is 0.595. The predicted octanol–water partition coefficient (Wildman–Crippen LogP) is 2.80. The van der Waals surface area contributed by atoms with Gasteiger partial charge < -0.3 is 4.90 Å². The third-order valence-corrected chi connectivity index (χ3v) is 7.56. The summed E-state index contributed by atoms with van der Waals surface area (Å²) in [6, 6.07) is 22.9. The van der Waals surface area contributed by atoms with Crippen molar-refractivity contribution in [2.45, 2.75) is 11.4 Å². The van der Waals surface area contributed by atoms with E-state index in [0.717, 1.165) is 34.7 Å². The molecule has 1 amide bonds. The minimum absolute atomic E-state index is 0.159. The molecule has 0 saturated carbocycles. The second-order valence-electron chi connectivity index (χ2n) is 7.91. The molecule has 3 aromatic carbocycles. The molecule has 162 valence electrons. The maximum absolute atomic E-state index is 13.0. The SMILES string of the molecule is CN(CC(=O)N1CCN(Cc2ccccc2)CC1)S(=O)(=O)c1ccc2ccccc2c1. The van der Waals surface area contributed by atoms with Crippen LogP contribution in [-0.2, 0) is 21.4 Å². The van der Waals surface area contributed by atoms with Crippen molar-refractivity contribution in [2.24, 2.45) is 0 Å². The predicted molar refractivity (Wildman–Crippen MR) is 122 cm³/mol. The van der Waals surface area contributed by atoms with Gasteiger partial charge in [-0.05, 0) is 28.5 Å². The summed E-state index contributed by atoms with van der Waals surface area (Å²) >= 11 is 0. The van der Waals surface area contributed by atoms with Gasteiger partial charge in [-0.25, -0.2) is 8.42 Å². The fourth-order valence-electron chi connectivity index (χ4n) is 3.88. The van der Waals surface area contributed by atoms with E-state index in [1.807, 2.05) is 42.5 Å². The van der Waals surface area contributed by atoms with Crippen LogP contribution < -0.4 is 0 Å². The fraction of sp³-hybridized carbons (Fsp3) is 0.292. The van der Waals surface area contributed by atoms with Crippen LogP contribution in [0.15, 0.2) is 77.7 Å². The average molecular weight is 438 g/mol. The Morgan fingerprint density at radius 1 is 0.871 bits per heavy atom. The van der Waals surface area contributed by atoms with Crippen LogP contribution >= 0.6 is 0 Å². The standard InChI is InChI=1S/C24H27N3O3S/c1-25(31(29,30)23-12-11-21-9-5-6-10-22(21)17-23)19-24(28)27-15-13-26(14-16-27)18-20-7-3-2-4-8-20/h2-12,17H,13-16,18-19H2,1H3. The van der Waals surface area contributed by atoms with Crippen LogP contribution in [0.5, 0.6) is 0 Å². The molecular formula is C24H27N3O3S. The molecule has 0 N–H and O–H groups in total. The van der Waals surface area contributed by atoms with Crippen LogP contribution in [0.4, 0.5) is 0 Å². The summed E-state index contributed by atoms with van der Waals surface area (Å²) in [7, 11) is -2.27. The number of nitrogens with zero attached hydrogens (tertiary/aromatic N) is 3. The molecule has 0 aromatic heterocycles. The Morgan fingerprint density at radius 3 is 2.23 bits per heavy atom. The molecule has 0 unspecified atom stereocenters. The van der Waals surface area contributed by atoms with Crippen molar-refractivity contribution in [3.63, 3.8) is 0 Å². The molecule has 31 heavy (non-hydrogen) atoms. The Hall–Kier alpha value is -2.74. The molecule has 0 bridgehead atoms. The van der Waals surface area contributed by atoms with Gasteiger partial charge in [0.05, 0.1) is 11.4 Å². The number of hydrogen-bond donors (Lipinski definition) is 0. The number of amides is 1. The number of rotatable bonds is 6. The summed E-state index contributed by atoms with van der Waals surface area (Å²) in [6.07, 6.45) is 0. The van der Waals surface area contributed by atoms with Gasteiger partial charge in [0.1, 0.15) is 0 Å². The summed E-state index contributed by atoms with van der Waals surface area (Å²) < 4.78 is 27.1. The molecule has 4 rings (SSSR count). The van der Waals surface area contributed by atoms with E-state index in [1.165, 1.54) is 12.6 Å². The van der Waals surface area contributed by atoms with Gasteiger partial charge in [0.15, 0.2) is 0 Å². The molecule has 0 radical (unpaired) electrons. The molecular weight excluding hydrogens is 410 g/mol. The third kappa shape index (κ3) is 4.95. The first kappa shape index (κ1) is 21.5. The smallest absolute Gasteiger partial charge is 0.243 e. The van der Waals surface area contributed by atoms with Gasteiger partial charge in [-0.1, -0.05) is 60.7 Å². The normalized spacial score (nSPS) is 15.5. The van der Waals surface area contributed by atoms with Crippen molar-refractivity contribution in [3.8, 4) is 0 Å². The van der Waals surface area contributed by atoms with Gasteiger partial charge in [-0.15, -0.1) is 0 Å². The number of piperazine rings is 1. The van der Waals surface area contributed by atoms with Gasteiger partial charge in [0, 0.05) is 39.8 Å². The summed E-state index contributed by atoms with van der Waals surface area (Å²) in [5, 5.41) is 1.84. The second-order valence-corrected chi connectivity index (χ2v) is 9.96. The maximum atomic E-state index is 13.0. The average Bonchev–Trinajstić information content (AvgIpc) is 2.79. The lowest BCUT2D eigenvalue weighted by atomic mass is 10.1. The zero-order valence-corrected chi connectivity index (χ0v) is 18.5. The Kier molecular flexibility index (Phi) is 6.36. The zero-order chi connectivity index (χ0) is 21.8. The second kappa shape index (κ2) is 9.18. The highest BCUT2D eigenvalue weighted by molar-refractivity contribution is 7.89. The van der Waals surface area contributed by atoms with Crippen LogP contribution in [0.3, 0.4) is 0 Å².